The number of amides is 3. The third-order valence-electron chi connectivity index (χ3n) is 5.87. The van der Waals surface area contributed by atoms with Gasteiger partial charge in [-0.05, 0) is 12.8 Å². The van der Waals surface area contributed by atoms with E-state index in [4.69, 9.17) is 4.99 Å². The summed E-state index contributed by atoms with van der Waals surface area (Å²) in [6.45, 7) is 0. The number of rotatable bonds is 4. The van der Waals surface area contributed by atoms with Crippen LogP contribution in [0.2, 0.25) is 0 Å². The minimum absolute atomic E-state index is 0.0207. The van der Waals surface area contributed by atoms with E-state index in [9.17, 15) is 14.4 Å². The van der Waals surface area contributed by atoms with Crippen LogP contribution in [0.4, 0.5) is 4.79 Å². The van der Waals surface area contributed by atoms with Crippen molar-refractivity contribution < 1.29 is 19.0 Å². The van der Waals surface area contributed by atoms with Gasteiger partial charge in [0, 0.05) is 11.5 Å². The number of amidine groups is 2. The Morgan fingerprint density at radius 2 is 1.83 bits per heavy atom. The van der Waals surface area contributed by atoms with Crippen LogP contribution < -0.4 is 0 Å². The maximum Gasteiger partial charge on any atom is 0.445 e. The number of fused-ring (bicyclic) bond motifs is 1. The first-order chi connectivity index (χ1) is 14.5. The van der Waals surface area contributed by atoms with Crippen LogP contribution in [0.5, 0.6) is 0 Å². The molecule has 156 valence electrons. The first kappa shape index (κ1) is 20.7. The lowest BCUT2D eigenvalue weighted by atomic mass is 9.88. The van der Waals surface area contributed by atoms with Crippen molar-refractivity contribution in [2.75, 3.05) is 19.8 Å². The Balaban J connectivity index is 1.66. The average molecular weight is 426 g/mol. The van der Waals surface area contributed by atoms with Crippen LogP contribution in [-0.2, 0) is 4.79 Å². The smallest absolute Gasteiger partial charge is 0.293 e. The maximum absolute atomic E-state index is 12.9. The van der Waals surface area contributed by atoms with Crippen LogP contribution in [0.15, 0.2) is 40.3 Å². The fourth-order valence-electron chi connectivity index (χ4n) is 4.10. The van der Waals surface area contributed by atoms with Gasteiger partial charge in [0.2, 0.25) is 5.84 Å². The zero-order valence-corrected chi connectivity index (χ0v) is 18.0. The minimum atomic E-state index is -0.737. The van der Waals surface area contributed by atoms with Gasteiger partial charge in [-0.1, -0.05) is 54.6 Å². The van der Waals surface area contributed by atoms with Crippen LogP contribution in [-0.4, -0.2) is 63.8 Å². The predicted octanol–water partition coefficient (Wildman–Crippen LogP) is 3.24. The summed E-state index contributed by atoms with van der Waals surface area (Å²) in [5, 5.41) is 0.557. The third-order valence-corrected chi connectivity index (χ3v) is 6.90. The number of carbonyl (C=O) groups is 3. The highest BCUT2D eigenvalue weighted by molar-refractivity contribution is 8.14. The number of aliphatic imine (C=N–C) groups is 2. The number of Topliss-reactive ketones (excluding diaryl/α,β-unsaturated/α-hetero) is 1. The molecule has 30 heavy (non-hydrogen) atoms. The molecular weight excluding hydrogens is 400 g/mol. The number of urea groups is 1. The van der Waals surface area contributed by atoms with Gasteiger partial charge in [0.25, 0.3) is 5.84 Å². The second-order valence-electron chi connectivity index (χ2n) is 7.86. The second kappa shape index (κ2) is 8.63. The van der Waals surface area contributed by atoms with E-state index in [-0.39, 0.29) is 23.4 Å². The molecule has 4 rings (SSSR count). The zero-order valence-electron chi connectivity index (χ0n) is 17.2. The molecule has 3 aliphatic rings. The van der Waals surface area contributed by atoms with E-state index in [2.05, 4.69) is 4.99 Å². The molecule has 7 nitrogen and oxygen atoms in total. The molecule has 0 radical (unpaired) electrons. The zero-order chi connectivity index (χ0) is 21.3. The fraction of sp³-hybridized carbons (Fsp3) is 0.455. The molecule has 1 aromatic rings. The van der Waals surface area contributed by atoms with Crippen molar-refractivity contribution in [1.29, 1.82) is 0 Å². The Kier molecular flexibility index (Phi) is 5.94. The largest absolute Gasteiger partial charge is 0.445 e. The lowest BCUT2D eigenvalue weighted by Gasteiger charge is -2.28. The summed E-state index contributed by atoms with van der Waals surface area (Å²) in [7, 11) is 3.11. The summed E-state index contributed by atoms with van der Waals surface area (Å²) < 4.78 is 1.43. The second-order valence-corrected chi connectivity index (χ2v) is 8.86. The van der Waals surface area contributed by atoms with Crippen LogP contribution >= 0.6 is 11.8 Å². The van der Waals surface area contributed by atoms with Gasteiger partial charge >= 0.3 is 11.9 Å². The Morgan fingerprint density at radius 3 is 2.53 bits per heavy atom. The van der Waals surface area contributed by atoms with Crippen molar-refractivity contribution in [3.05, 3.63) is 35.9 Å². The quantitative estimate of drug-likeness (QED) is 0.548. The van der Waals surface area contributed by atoms with E-state index < -0.39 is 11.9 Å². The van der Waals surface area contributed by atoms with Crippen molar-refractivity contribution in [2.45, 2.75) is 32.1 Å². The third kappa shape index (κ3) is 3.88. The molecule has 0 saturated heterocycles. The highest BCUT2D eigenvalue weighted by Crippen LogP contribution is 2.31. The number of thioether (sulfide) groups is 1. The van der Waals surface area contributed by atoms with Crippen LogP contribution in [0.1, 0.15) is 42.5 Å². The van der Waals surface area contributed by atoms with Crippen LogP contribution in [0.25, 0.3) is 0 Å². The average Bonchev–Trinajstić information content (AvgIpc) is 2.80. The number of imide groups is 1. The summed E-state index contributed by atoms with van der Waals surface area (Å²) in [5.74, 6) is 0.412. The van der Waals surface area contributed by atoms with E-state index in [0.29, 0.717) is 22.3 Å². The summed E-state index contributed by atoms with van der Waals surface area (Å²) in [6.07, 6.45) is 5.48. The van der Waals surface area contributed by atoms with E-state index in [1.165, 1.54) is 29.8 Å². The number of nitrogens with zero attached hydrogens (tertiary/aromatic N) is 4. The molecule has 1 saturated carbocycles. The molecule has 1 fully saturated rings. The van der Waals surface area contributed by atoms with Crippen molar-refractivity contribution in [2.24, 2.45) is 21.8 Å². The topological polar surface area (TPSA) is 82.2 Å². The molecule has 1 aliphatic carbocycles. The molecule has 0 spiro atoms. The van der Waals surface area contributed by atoms with E-state index in [1.807, 2.05) is 18.2 Å². The van der Waals surface area contributed by atoms with Gasteiger partial charge in [-0.2, -0.15) is 9.48 Å². The van der Waals surface area contributed by atoms with Gasteiger partial charge in [-0.3, -0.25) is 9.59 Å². The molecule has 8 heteroatoms. The Bertz CT molecular complexity index is 977. The van der Waals surface area contributed by atoms with Crippen LogP contribution in [0, 0.1) is 11.8 Å². The molecule has 1 unspecified atom stereocenters. The van der Waals surface area contributed by atoms with Crippen LogP contribution in [0.3, 0.4) is 0 Å². The Labute approximate surface area is 180 Å². The summed E-state index contributed by atoms with van der Waals surface area (Å²) in [6, 6.07) is 8.69. The highest BCUT2D eigenvalue weighted by atomic mass is 32.2. The predicted molar refractivity (Wildman–Crippen MR) is 118 cm³/mol. The molecule has 2 aliphatic heterocycles. The van der Waals surface area contributed by atoms with E-state index in [0.717, 1.165) is 30.6 Å². The molecule has 2 heterocycles. The van der Waals surface area contributed by atoms with Gasteiger partial charge in [0.1, 0.15) is 5.04 Å². The molecular formula is C22H25N4O3S+. The number of ketones is 1. The Morgan fingerprint density at radius 1 is 1.13 bits per heavy atom. The Hall–Kier alpha value is -2.61. The van der Waals surface area contributed by atoms with Crippen molar-refractivity contribution >= 4 is 46.2 Å². The fourth-order valence-corrected chi connectivity index (χ4v) is 5.07. The normalized spacial score (nSPS) is 22.6. The van der Waals surface area contributed by atoms with Crippen molar-refractivity contribution in [1.82, 2.24) is 4.90 Å². The standard InChI is InChI=1S/C22H25N4O3S/c1-25-19-17(21(28)26(2)22(25)29)20(24-18(23-19)15-11-7-4-8-12-15)30-13-16(27)14-9-5-3-6-10-14/h3,5-6,9-10,15,17H,4,7-8,11-13H2,1-2H3/q+1. The first-order valence-electron chi connectivity index (χ1n) is 10.3. The van der Waals surface area contributed by atoms with Gasteiger partial charge in [0.05, 0.1) is 19.8 Å². The van der Waals surface area contributed by atoms with Gasteiger partial charge in [0.15, 0.2) is 11.7 Å². The molecule has 0 aromatic heterocycles. The van der Waals surface area contributed by atoms with E-state index >= 15 is 0 Å². The maximum atomic E-state index is 12.9. The van der Waals surface area contributed by atoms with Gasteiger partial charge in [-0.25, -0.2) is 9.79 Å². The minimum Gasteiger partial charge on any atom is -0.293 e. The molecule has 1 atom stereocenters. The highest BCUT2D eigenvalue weighted by Gasteiger charge is 2.49. The number of carbonyl (C=O) groups excluding carboxylic acids is 3. The molecule has 1 aromatic carbocycles. The lowest BCUT2D eigenvalue weighted by Crippen LogP contribution is -2.55. The summed E-state index contributed by atoms with van der Waals surface area (Å²) in [4.78, 5) is 48.6. The SMILES string of the molecule is CN1C(=O)C2C(SCC(=O)c3ccccc3)=NC(C3CCCCC3)=NC2=[N+](C)C1=O. The van der Waals surface area contributed by atoms with Gasteiger partial charge < -0.3 is 0 Å². The number of hydrogen-bond acceptors (Lipinski definition) is 6. The summed E-state index contributed by atoms with van der Waals surface area (Å²) >= 11 is 1.28. The number of benzene rings is 1. The van der Waals surface area contributed by atoms with Crippen molar-refractivity contribution in [3.8, 4) is 0 Å². The first-order valence-corrected chi connectivity index (χ1v) is 11.3. The summed E-state index contributed by atoms with van der Waals surface area (Å²) in [5.41, 5.74) is 0.631. The number of hydrogen-bond donors (Lipinski definition) is 0. The molecule has 0 bridgehead atoms. The molecule has 3 amide bonds. The lowest BCUT2D eigenvalue weighted by molar-refractivity contribution is -0.407. The monoisotopic (exact) mass is 425 g/mol. The van der Waals surface area contributed by atoms with E-state index in [1.54, 1.807) is 19.2 Å². The van der Waals surface area contributed by atoms with Gasteiger partial charge in [-0.15, -0.1) is 11.8 Å². The van der Waals surface area contributed by atoms with Crippen molar-refractivity contribution in [3.63, 3.8) is 0 Å². The molecule has 0 N–H and O–H groups in total.